The molecule has 3 N–H and O–H groups in total. The lowest BCUT2D eigenvalue weighted by atomic mass is 10.1. The normalized spacial score (nSPS) is 10.7. The number of hydrogen-bond acceptors (Lipinski definition) is 3. The van der Waals surface area contributed by atoms with Gasteiger partial charge in [-0.2, -0.15) is 0 Å². The van der Waals surface area contributed by atoms with Crippen LogP contribution in [0.2, 0.25) is 0 Å². The van der Waals surface area contributed by atoms with Crippen molar-refractivity contribution in [2.24, 2.45) is 0 Å². The van der Waals surface area contributed by atoms with Crippen molar-refractivity contribution in [3.63, 3.8) is 0 Å². The first-order valence-electron chi connectivity index (χ1n) is 6.83. The fourth-order valence-electron chi connectivity index (χ4n) is 2.19. The lowest BCUT2D eigenvalue weighted by molar-refractivity contribution is 0.0928. The number of carbonyl (C=O) groups excluding carboxylic acids is 1. The molecule has 0 saturated heterocycles. The molecule has 106 valence electrons. The van der Waals surface area contributed by atoms with E-state index in [1.165, 1.54) is 0 Å². The molecule has 21 heavy (non-hydrogen) atoms. The lowest BCUT2D eigenvalue weighted by Crippen LogP contribution is -2.25. The molecule has 3 rings (SSSR count). The van der Waals surface area contributed by atoms with Crippen LogP contribution in [0.15, 0.2) is 59.0 Å². The number of fused-ring (bicyclic) bond motifs is 1. The van der Waals surface area contributed by atoms with Crippen molar-refractivity contribution in [1.29, 1.82) is 0 Å². The Kier molecular flexibility index (Phi) is 3.60. The van der Waals surface area contributed by atoms with Gasteiger partial charge in [0.05, 0.1) is 0 Å². The van der Waals surface area contributed by atoms with Gasteiger partial charge in [0.25, 0.3) is 5.91 Å². The van der Waals surface area contributed by atoms with Crippen LogP contribution in [0.3, 0.4) is 0 Å². The van der Waals surface area contributed by atoms with Crippen molar-refractivity contribution in [2.75, 3.05) is 12.3 Å². The quantitative estimate of drug-likeness (QED) is 0.722. The molecule has 0 saturated carbocycles. The molecule has 0 spiro atoms. The van der Waals surface area contributed by atoms with E-state index in [0.717, 1.165) is 28.6 Å². The number of anilines is 1. The Labute approximate surface area is 122 Å². The monoisotopic (exact) mass is 280 g/mol. The van der Waals surface area contributed by atoms with E-state index in [2.05, 4.69) is 5.32 Å². The first-order valence-corrected chi connectivity index (χ1v) is 6.83. The molecule has 0 aliphatic heterocycles. The summed E-state index contributed by atoms with van der Waals surface area (Å²) < 4.78 is 5.52. The van der Waals surface area contributed by atoms with Gasteiger partial charge in [-0.15, -0.1) is 0 Å². The van der Waals surface area contributed by atoms with E-state index < -0.39 is 0 Å². The van der Waals surface area contributed by atoms with Crippen LogP contribution < -0.4 is 11.1 Å². The molecular weight excluding hydrogens is 264 g/mol. The van der Waals surface area contributed by atoms with Crippen LogP contribution in [0, 0.1) is 0 Å². The third-order valence-electron chi connectivity index (χ3n) is 3.33. The van der Waals surface area contributed by atoms with Crippen molar-refractivity contribution in [3.05, 3.63) is 65.9 Å². The van der Waals surface area contributed by atoms with Crippen molar-refractivity contribution in [2.45, 2.75) is 6.42 Å². The molecule has 1 heterocycles. The third kappa shape index (κ3) is 3.05. The maximum Gasteiger partial charge on any atom is 0.287 e. The Balaban J connectivity index is 1.60. The number of furan rings is 1. The minimum atomic E-state index is -0.193. The van der Waals surface area contributed by atoms with Gasteiger partial charge in [0, 0.05) is 17.6 Å². The van der Waals surface area contributed by atoms with Crippen LogP contribution in [-0.4, -0.2) is 12.5 Å². The number of carbonyl (C=O) groups is 1. The van der Waals surface area contributed by atoms with E-state index in [1.807, 2.05) is 48.5 Å². The first-order chi connectivity index (χ1) is 10.2. The van der Waals surface area contributed by atoms with E-state index in [4.69, 9.17) is 10.2 Å². The Bertz CT molecular complexity index is 727. The van der Waals surface area contributed by atoms with Gasteiger partial charge < -0.3 is 15.5 Å². The van der Waals surface area contributed by atoms with Crippen LogP contribution in [0.1, 0.15) is 16.1 Å². The fraction of sp³-hybridized carbons (Fsp3) is 0.118. The highest BCUT2D eigenvalue weighted by Gasteiger charge is 2.11. The number of rotatable bonds is 4. The number of hydrogen-bond donors (Lipinski definition) is 2. The SMILES string of the molecule is Nc1ccc(CCNC(=O)c2cc3ccccc3o2)cc1. The molecule has 0 radical (unpaired) electrons. The largest absolute Gasteiger partial charge is 0.451 e. The smallest absolute Gasteiger partial charge is 0.287 e. The average Bonchev–Trinajstić information content (AvgIpc) is 2.93. The van der Waals surface area contributed by atoms with Crippen molar-refractivity contribution in [3.8, 4) is 0 Å². The van der Waals surface area contributed by atoms with E-state index in [1.54, 1.807) is 6.07 Å². The highest BCUT2D eigenvalue weighted by molar-refractivity contribution is 5.96. The lowest BCUT2D eigenvalue weighted by Gasteiger charge is -2.03. The second kappa shape index (κ2) is 5.71. The number of para-hydroxylation sites is 1. The van der Waals surface area contributed by atoms with Crippen molar-refractivity contribution < 1.29 is 9.21 Å². The van der Waals surface area contributed by atoms with Gasteiger partial charge in [0.2, 0.25) is 0 Å². The predicted molar refractivity (Wildman–Crippen MR) is 83.1 cm³/mol. The fourth-order valence-corrected chi connectivity index (χ4v) is 2.19. The van der Waals surface area contributed by atoms with E-state index >= 15 is 0 Å². The number of nitrogens with one attached hydrogen (secondary N) is 1. The summed E-state index contributed by atoms with van der Waals surface area (Å²) in [5.41, 5.74) is 8.23. The Hall–Kier alpha value is -2.75. The standard InChI is InChI=1S/C17H16N2O2/c18-14-7-5-12(6-8-14)9-10-19-17(20)16-11-13-3-1-2-4-15(13)21-16/h1-8,11H,9-10,18H2,(H,19,20). The van der Waals surface area contributed by atoms with Gasteiger partial charge in [0.1, 0.15) is 5.58 Å². The number of amides is 1. The molecule has 3 aromatic rings. The maximum absolute atomic E-state index is 12.0. The second-order valence-electron chi connectivity index (χ2n) is 4.90. The van der Waals surface area contributed by atoms with Crippen LogP contribution >= 0.6 is 0 Å². The van der Waals surface area contributed by atoms with E-state index in [9.17, 15) is 4.79 Å². The summed E-state index contributed by atoms with van der Waals surface area (Å²) in [6, 6.07) is 17.0. The Morgan fingerprint density at radius 2 is 1.86 bits per heavy atom. The second-order valence-corrected chi connectivity index (χ2v) is 4.90. The van der Waals surface area contributed by atoms with Crippen LogP contribution in [0.5, 0.6) is 0 Å². The Morgan fingerprint density at radius 3 is 2.62 bits per heavy atom. The zero-order valence-corrected chi connectivity index (χ0v) is 11.5. The molecular formula is C17H16N2O2. The van der Waals surface area contributed by atoms with Gasteiger partial charge in [-0.05, 0) is 36.2 Å². The highest BCUT2D eigenvalue weighted by Crippen LogP contribution is 2.18. The van der Waals surface area contributed by atoms with E-state index in [0.29, 0.717) is 12.3 Å². The summed E-state index contributed by atoms with van der Waals surface area (Å²) in [5, 5.41) is 3.79. The molecule has 0 bridgehead atoms. The molecule has 1 aromatic heterocycles. The van der Waals surface area contributed by atoms with Gasteiger partial charge in [0.15, 0.2) is 5.76 Å². The van der Waals surface area contributed by atoms with Gasteiger partial charge in [-0.3, -0.25) is 4.79 Å². The molecule has 4 nitrogen and oxygen atoms in total. The molecule has 1 amide bonds. The van der Waals surface area contributed by atoms with Gasteiger partial charge in [-0.1, -0.05) is 30.3 Å². The molecule has 0 aliphatic carbocycles. The molecule has 4 heteroatoms. The summed E-state index contributed by atoms with van der Waals surface area (Å²) in [7, 11) is 0. The Morgan fingerprint density at radius 1 is 1.10 bits per heavy atom. The summed E-state index contributed by atoms with van der Waals surface area (Å²) >= 11 is 0. The molecule has 0 aliphatic rings. The highest BCUT2D eigenvalue weighted by atomic mass is 16.3. The number of nitrogens with two attached hydrogens (primary N) is 1. The molecule has 0 unspecified atom stereocenters. The zero-order chi connectivity index (χ0) is 14.7. The minimum absolute atomic E-state index is 0.193. The van der Waals surface area contributed by atoms with Gasteiger partial charge in [-0.25, -0.2) is 0 Å². The average molecular weight is 280 g/mol. The molecule has 0 fully saturated rings. The van der Waals surface area contributed by atoms with Crippen molar-refractivity contribution in [1.82, 2.24) is 5.32 Å². The van der Waals surface area contributed by atoms with Crippen LogP contribution in [0.4, 0.5) is 5.69 Å². The predicted octanol–water partition coefficient (Wildman–Crippen LogP) is 2.99. The zero-order valence-electron chi connectivity index (χ0n) is 11.5. The van der Waals surface area contributed by atoms with Crippen molar-refractivity contribution >= 4 is 22.6 Å². The number of benzene rings is 2. The summed E-state index contributed by atoms with van der Waals surface area (Å²) in [6.45, 7) is 0.555. The van der Waals surface area contributed by atoms with Crippen LogP contribution in [-0.2, 0) is 6.42 Å². The first kappa shape index (κ1) is 13.2. The maximum atomic E-state index is 12.0. The summed E-state index contributed by atoms with van der Waals surface area (Å²) in [5.74, 6) is 0.148. The van der Waals surface area contributed by atoms with Crippen LogP contribution in [0.25, 0.3) is 11.0 Å². The topological polar surface area (TPSA) is 68.3 Å². The van der Waals surface area contributed by atoms with E-state index in [-0.39, 0.29) is 5.91 Å². The van der Waals surface area contributed by atoms with Gasteiger partial charge >= 0.3 is 0 Å². The number of nitrogen functional groups attached to an aromatic ring is 1. The summed E-state index contributed by atoms with van der Waals surface area (Å²) in [4.78, 5) is 12.0. The molecule has 2 aromatic carbocycles. The summed E-state index contributed by atoms with van der Waals surface area (Å²) in [6.07, 6.45) is 0.756. The third-order valence-corrected chi connectivity index (χ3v) is 3.33. The molecule has 0 atom stereocenters. The minimum Gasteiger partial charge on any atom is -0.451 e.